The maximum absolute atomic E-state index is 5.76. The summed E-state index contributed by atoms with van der Waals surface area (Å²) < 4.78 is 5.76. The number of benzene rings is 1. The van der Waals surface area contributed by atoms with Gasteiger partial charge in [-0.3, -0.25) is 0 Å². The van der Waals surface area contributed by atoms with Gasteiger partial charge in [-0.25, -0.2) is 9.97 Å². The molecule has 0 saturated heterocycles. The van der Waals surface area contributed by atoms with Crippen molar-refractivity contribution in [2.45, 2.75) is 45.1 Å². The molecule has 6 nitrogen and oxygen atoms in total. The number of hydrogen-bond acceptors (Lipinski definition) is 6. The largest absolute Gasteiger partial charge is 0.403 e. The van der Waals surface area contributed by atoms with Crippen LogP contribution in [0.3, 0.4) is 0 Å². The Hall–Kier alpha value is -3.02. The SMILES string of the molecule is CC(C)Nc1nnc(-c2ccc3c(c2)C(c2nccc(C4CC4)n2)=CC3)o1. The number of nitrogens with zero attached hydrogens (tertiary/aromatic N) is 4. The van der Waals surface area contributed by atoms with Crippen LogP contribution in [0.15, 0.2) is 41.0 Å². The highest BCUT2D eigenvalue weighted by Crippen LogP contribution is 2.40. The number of anilines is 1. The van der Waals surface area contributed by atoms with Crippen LogP contribution < -0.4 is 5.32 Å². The maximum Gasteiger partial charge on any atom is 0.315 e. The zero-order chi connectivity index (χ0) is 18.4. The Morgan fingerprint density at radius 1 is 1.15 bits per heavy atom. The van der Waals surface area contributed by atoms with Gasteiger partial charge in [-0.2, -0.15) is 0 Å². The van der Waals surface area contributed by atoms with Crippen LogP contribution in [0.4, 0.5) is 6.01 Å². The first kappa shape index (κ1) is 16.2. The molecule has 0 aliphatic heterocycles. The quantitative estimate of drug-likeness (QED) is 0.735. The monoisotopic (exact) mass is 359 g/mol. The zero-order valence-electron chi connectivity index (χ0n) is 15.4. The molecule has 2 heterocycles. The lowest BCUT2D eigenvalue weighted by atomic mass is 10.0. The summed E-state index contributed by atoms with van der Waals surface area (Å²) >= 11 is 0. The van der Waals surface area contributed by atoms with E-state index in [0.717, 1.165) is 34.6 Å². The summed E-state index contributed by atoms with van der Waals surface area (Å²) in [5.41, 5.74) is 5.58. The van der Waals surface area contributed by atoms with Gasteiger partial charge in [-0.05, 0) is 62.4 Å². The molecule has 0 spiro atoms. The Morgan fingerprint density at radius 2 is 2.04 bits per heavy atom. The topological polar surface area (TPSA) is 76.7 Å². The summed E-state index contributed by atoms with van der Waals surface area (Å²) in [4.78, 5) is 9.34. The van der Waals surface area contributed by atoms with Crippen molar-refractivity contribution in [1.29, 1.82) is 0 Å². The van der Waals surface area contributed by atoms with Crippen LogP contribution >= 0.6 is 0 Å². The summed E-state index contributed by atoms with van der Waals surface area (Å²) in [5.74, 6) is 1.94. The molecular weight excluding hydrogens is 338 g/mol. The predicted octanol–water partition coefficient (Wildman–Crippen LogP) is 4.21. The van der Waals surface area contributed by atoms with Gasteiger partial charge in [0.1, 0.15) is 0 Å². The number of allylic oxidation sites excluding steroid dienone is 1. The van der Waals surface area contributed by atoms with Crippen molar-refractivity contribution in [2.24, 2.45) is 0 Å². The molecule has 136 valence electrons. The first-order chi connectivity index (χ1) is 13.2. The van der Waals surface area contributed by atoms with Crippen molar-refractivity contribution in [3.63, 3.8) is 0 Å². The summed E-state index contributed by atoms with van der Waals surface area (Å²) in [5, 5.41) is 11.4. The standard InChI is InChI=1S/C21H21N5O/c1-12(2)23-21-26-25-20(27-21)15-6-3-13-7-8-16(17(13)11-15)19-22-10-9-18(24-19)14-4-5-14/h3,6,8-12,14H,4-5,7H2,1-2H3,(H,23,26). The Kier molecular flexibility index (Phi) is 3.77. The van der Waals surface area contributed by atoms with Gasteiger partial charge in [0.05, 0.1) is 0 Å². The highest BCUT2D eigenvalue weighted by Gasteiger charge is 2.26. The Balaban J connectivity index is 1.48. The molecule has 5 rings (SSSR count). The van der Waals surface area contributed by atoms with E-state index in [1.807, 2.05) is 32.2 Å². The number of nitrogens with one attached hydrogen (secondary N) is 1. The summed E-state index contributed by atoms with van der Waals surface area (Å²) in [7, 11) is 0. The normalized spacial score (nSPS) is 15.7. The second-order valence-electron chi connectivity index (χ2n) is 7.48. The molecule has 1 aromatic carbocycles. The van der Waals surface area contributed by atoms with Gasteiger partial charge in [0, 0.05) is 35.0 Å². The first-order valence-corrected chi connectivity index (χ1v) is 9.44. The molecule has 0 atom stereocenters. The summed E-state index contributed by atoms with van der Waals surface area (Å²) in [6, 6.07) is 8.98. The van der Waals surface area contributed by atoms with Crippen LogP contribution in [0.1, 0.15) is 55.3 Å². The van der Waals surface area contributed by atoms with E-state index in [2.05, 4.69) is 38.7 Å². The average molecular weight is 359 g/mol. The van der Waals surface area contributed by atoms with Crippen LogP contribution in [-0.4, -0.2) is 26.2 Å². The van der Waals surface area contributed by atoms with Crippen LogP contribution in [0, 0.1) is 0 Å². The lowest BCUT2D eigenvalue weighted by molar-refractivity contribution is 0.574. The van der Waals surface area contributed by atoms with E-state index in [1.54, 1.807) is 0 Å². The van der Waals surface area contributed by atoms with E-state index in [9.17, 15) is 0 Å². The summed E-state index contributed by atoms with van der Waals surface area (Å²) in [6.07, 6.45) is 7.45. The van der Waals surface area contributed by atoms with Crippen molar-refractivity contribution < 1.29 is 4.42 Å². The van der Waals surface area contributed by atoms with Gasteiger partial charge in [-0.15, -0.1) is 5.10 Å². The minimum absolute atomic E-state index is 0.240. The van der Waals surface area contributed by atoms with Crippen LogP contribution in [0.2, 0.25) is 0 Å². The number of fused-ring (bicyclic) bond motifs is 1. The second kappa shape index (κ2) is 6.30. The van der Waals surface area contributed by atoms with Gasteiger partial charge in [0.25, 0.3) is 0 Å². The molecule has 0 unspecified atom stereocenters. The molecule has 2 aliphatic rings. The molecule has 27 heavy (non-hydrogen) atoms. The fourth-order valence-corrected chi connectivity index (χ4v) is 3.43. The lowest BCUT2D eigenvalue weighted by Crippen LogP contribution is -2.09. The minimum Gasteiger partial charge on any atom is -0.403 e. The van der Waals surface area contributed by atoms with Crippen LogP contribution in [0.25, 0.3) is 17.0 Å². The first-order valence-electron chi connectivity index (χ1n) is 9.44. The van der Waals surface area contributed by atoms with Crippen molar-refractivity contribution in [1.82, 2.24) is 20.2 Å². The van der Waals surface area contributed by atoms with Crippen molar-refractivity contribution >= 4 is 11.6 Å². The number of rotatable bonds is 5. The van der Waals surface area contributed by atoms with Gasteiger partial charge < -0.3 is 9.73 Å². The van der Waals surface area contributed by atoms with Crippen molar-refractivity contribution in [3.8, 4) is 11.5 Å². The van der Waals surface area contributed by atoms with Gasteiger partial charge in [-0.1, -0.05) is 17.2 Å². The second-order valence-corrected chi connectivity index (χ2v) is 7.48. The molecule has 1 fully saturated rings. The maximum atomic E-state index is 5.76. The molecule has 0 amide bonds. The molecule has 1 saturated carbocycles. The van der Waals surface area contributed by atoms with Gasteiger partial charge >= 0.3 is 6.01 Å². The third-order valence-corrected chi connectivity index (χ3v) is 4.92. The Labute approximate surface area is 157 Å². The Bertz CT molecular complexity index is 1030. The smallest absolute Gasteiger partial charge is 0.315 e. The van der Waals surface area contributed by atoms with E-state index in [0.29, 0.717) is 17.8 Å². The third kappa shape index (κ3) is 3.12. The van der Waals surface area contributed by atoms with Gasteiger partial charge in [0.2, 0.25) is 5.89 Å². The summed E-state index contributed by atoms with van der Waals surface area (Å²) in [6.45, 7) is 4.07. The van der Waals surface area contributed by atoms with Crippen molar-refractivity contribution in [2.75, 3.05) is 5.32 Å². The molecule has 2 aromatic heterocycles. The minimum atomic E-state index is 0.240. The molecule has 3 aromatic rings. The van der Waals surface area contributed by atoms with E-state index in [1.165, 1.54) is 18.4 Å². The molecule has 1 N–H and O–H groups in total. The van der Waals surface area contributed by atoms with Crippen molar-refractivity contribution in [3.05, 3.63) is 59.2 Å². The van der Waals surface area contributed by atoms with E-state index >= 15 is 0 Å². The fraction of sp³-hybridized carbons (Fsp3) is 0.333. The lowest BCUT2D eigenvalue weighted by Gasteiger charge is -2.08. The van der Waals surface area contributed by atoms with Crippen LogP contribution in [0.5, 0.6) is 0 Å². The highest BCUT2D eigenvalue weighted by molar-refractivity contribution is 5.83. The average Bonchev–Trinajstić information content (AvgIpc) is 3.28. The zero-order valence-corrected chi connectivity index (χ0v) is 15.4. The van der Waals surface area contributed by atoms with E-state index in [-0.39, 0.29) is 6.04 Å². The van der Waals surface area contributed by atoms with Gasteiger partial charge in [0.15, 0.2) is 5.82 Å². The predicted molar refractivity (Wildman–Crippen MR) is 103 cm³/mol. The fourth-order valence-electron chi connectivity index (χ4n) is 3.43. The highest BCUT2D eigenvalue weighted by atomic mass is 16.4. The van der Waals surface area contributed by atoms with Crippen LogP contribution in [-0.2, 0) is 6.42 Å². The molecule has 0 bridgehead atoms. The molecule has 6 heteroatoms. The molecule has 2 aliphatic carbocycles. The van der Waals surface area contributed by atoms with E-state index in [4.69, 9.17) is 9.40 Å². The molecule has 0 radical (unpaired) electrons. The number of hydrogen-bond donors (Lipinski definition) is 1. The third-order valence-electron chi connectivity index (χ3n) is 4.92. The Morgan fingerprint density at radius 3 is 2.85 bits per heavy atom. The molecular formula is C21H21N5O. The number of aromatic nitrogens is 4. The van der Waals surface area contributed by atoms with E-state index < -0.39 is 0 Å².